The van der Waals surface area contributed by atoms with Crippen molar-refractivity contribution in [1.29, 1.82) is 0 Å². The van der Waals surface area contributed by atoms with Gasteiger partial charge in [-0.25, -0.2) is 9.59 Å². The summed E-state index contributed by atoms with van der Waals surface area (Å²) in [5, 5.41) is 14.0. The van der Waals surface area contributed by atoms with Gasteiger partial charge in [0.1, 0.15) is 5.54 Å². The summed E-state index contributed by atoms with van der Waals surface area (Å²) in [5.41, 5.74) is -1.18. The molecule has 0 atom stereocenters. The lowest BCUT2D eigenvalue weighted by Gasteiger charge is -2.25. The number of hydrogen-bond acceptors (Lipinski definition) is 3. The molecule has 1 aliphatic rings. The molecular weight excluding hydrogens is 238 g/mol. The molecule has 1 rings (SSSR count). The summed E-state index contributed by atoms with van der Waals surface area (Å²) in [7, 11) is 3.16. The zero-order valence-electron chi connectivity index (χ0n) is 10.7. The quantitative estimate of drug-likeness (QED) is 0.648. The lowest BCUT2D eigenvalue weighted by Crippen LogP contribution is -2.56. The predicted octanol–water partition coefficient (Wildman–Crippen LogP) is -0.229. The van der Waals surface area contributed by atoms with Crippen molar-refractivity contribution in [3.8, 4) is 0 Å². The number of likely N-dealkylation sites (N-methyl/N-ethyl adjacent to an activating group) is 1. The second-order valence-corrected chi connectivity index (χ2v) is 4.69. The van der Waals surface area contributed by atoms with Gasteiger partial charge in [0.15, 0.2) is 0 Å². The fraction of sp³-hybridized carbons (Fsp3) is 0.727. The second kappa shape index (κ2) is 5.70. The van der Waals surface area contributed by atoms with Gasteiger partial charge in [0.25, 0.3) is 0 Å². The maximum Gasteiger partial charge on any atom is 0.329 e. The summed E-state index contributed by atoms with van der Waals surface area (Å²) < 4.78 is 0. The highest BCUT2D eigenvalue weighted by atomic mass is 16.4. The number of amides is 3. The van der Waals surface area contributed by atoms with Crippen molar-refractivity contribution in [2.24, 2.45) is 0 Å². The highest BCUT2D eigenvalue weighted by molar-refractivity contribution is 5.88. The van der Waals surface area contributed by atoms with Crippen molar-refractivity contribution < 1.29 is 19.5 Å². The molecule has 0 aromatic heterocycles. The molecule has 0 aromatic rings. The summed E-state index contributed by atoms with van der Waals surface area (Å²) in [4.78, 5) is 35.4. The van der Waals surface area contributed by atoms with Crippen LogP contribution in [-0.2, 0) is 9.59 Å². The van der Waals surface area contributed by atoms with Gasteiger partial charge in [-0.1, -0.05) is 12.8 Å². The molecular formula is C11H19N3O4. The molecule has 0 aliphatic heterocycles. The third kappa shape index (κ3) is 3.35. The maximum absolute atomic E-state index is 11.6. The lowest BCUT2D eigenvalue weighted by molar-refractivity contribution is -0.144. The van der Waals surface area contributed by atoms with Gasteiger partial charge in [-0.15, -0.1) is 0 Å². The number of nitrogens with zero attached hydrogens (tertiary/aromatic N) is 1. The van der Waals surface area contributed by atoms with Gasteiger partial charge in [-0.2, -0.15) is 0 Å². The number of nitrogens with one attached hydrogen (secondary N) is 2. The van der Waals surface area contributed by atoms with E-state index in [1.165, 1.54) is 4.90 Å². The number of rotatable bonds is 4. The molecule has 0 bridgehead atoms. The zero-order chi connectivity index (χ0) is 13.8. The molecule has 7 nitrogen and oxygen atoms in total. The SMILES string of the molecule is CN(C)C(=O)CNC(=O)NC1(C(=O)O)CCCC1. The fourth-order valence-electron chi connectivity index (χ4n) is 1.95. The Morgan fingerprint density at radius 3 is 2.22 bits per heavy atom. The third-order valence-corrected chi connectivity index (χ3v) is 3.12. The molecule has 18 heavy (non-hydrogen) atoms. The van der Waals surface area contributed by atoms with Gasteiger partial charge in [-0.05, 0) is 12.8 Å². The predicted molar refractivity (Wildman–Crippen MR) is 64.1 cm³/mol. The average molecular weight is 257 g/mol. The Bertz CT molecular complexity index is 348. The van der Waals surface area contributed by atoms with E-state index in [0.717, 1.165) is 12.8 Å². The van der Waals surface area contributed by atoms with E-state index in [-0.39, 0.29) is 12.5 Å². The maximum atomic E-state index is 11.6. The van der Waals surface area contributed by atoms with Gasteiger partial charge >= 0.3 is 12.0 Å². The van der Waals surface area contributed by atoms with Crippen molar-refractivity contribution in [1.82, 2.24) is 15.5 Å². The highest BCUT2D eigenvalue weighted by Crippen LogP contribution is 2.29. The zero-order valence-corrected chi connectivity index (χ0v) is 10.7. The first kappa shape index (κ1) is 14.3. The Hall–Kier alpha value is -1.79. The Balaban J connectivity index is 2.48. The average Bonchev–Trinajstić information content (AvgIpc) is 2.75. The fourth-order valence-corrected chi connectivity index (χ4v) is 1.95. The molecule has 3 N–H and O–H groups in total. The molecule has 1 aliphatic carbocycles. The standard InChI is InChI=1S/C11H19N3O4/c1-14(2)8(15)7-12-10(18)13-11(9(16)17)5-3-4-6-11/h3-7H2,1-2H3,(H,16,17)(H2,12,13,18). The first-order valence-electron chi connectivity index (χ1n) is 5.87. The molecule has 0 unspecified atom stereocenters. The summed E-state index contributed by atoms with van der Waals surface area (Å²) >= 11 is 0. The molecule has 0 radical (unpaired) electrons. The highest BCUT2D eigenvalue weighted by Gasteiger charge is 2.42. The number of carboxylic acids is 1. The van der Waals surface area contributed by atoms with Gasteiger partial charge in [0.2, 0.25) is 5.91 Å². The minimum atomic E-state index is -1.18. The van der Waals surface area contributed by atoms with Crippen molar-refractivity contribution in [2.45, 2.75) is 31.2 Å². The summed E-state index contributed by atoms with van der Waals surface area (Å²) in [5.74, 6) is -1.27. The number of aliphatic carboxylic acids is 1. The number of urea groups is 1. The largest absolute Gasteiger partial charge is 0.480 e. The van der Waals surface area contributed by atoms with Crippen LogP contribution in [0, 0.1) is 0 Å². The van der Waals surface area contributed by atoms with E-state index >= 15 is 0 Å². The van der Waals surface area contributed by atoms with E-state index in [0.29, 0.717) is 12.8 Å². The topological polar surface area (TPSA) is 98.7 Å². The first-order chi connectivity index (χ1) is 8.37. The van der Waals surface area contributed by atoms with E-state index in [2.05, 4.69) is 10.6 Å². The van der Waals surface area contributed by atoms with Crippen LogP contribution in [0.2, 0.25) is 0 Å². The van der Waals surface area contributed by atoms with Crippen LogP contribution in [0.5, 0.6) is 0 Å². The number of carbonyl (C=O) groups is 3. The summed E-state index contributed by atoms with van der Waals surface area (Å²) in [6.07, 6.45) is 2.42. The van der Waals surface area contributed by atoms with E-state index in [1.54, 1.807) is 14.1 Å². The van der Waals surface area contributed by atoms with Crippen molar-refractivity contribution >= 4 is 17.9 Å². The summed E-state index contributed by atoms with van der Waals surface area (Å²) in [6, 6.07) is -0.616. The van der Waals surface area contributed by atoms with E-state index in [9.17, 15) is 14.4 Å². The summed E-state index contributed by atoms with van der Waals surface area (Å²) in [6.45, 7) is -0.144. The van der Waals surface area contributed by atoms with Crippen molar-refractivity contribution in [3.05, 3.63) is 0 Å². The Morgan fingerprint density at radius 1 is 1.22 bits per heavy atom. The molecule has 7 heteroatoms. The normalized spacial score (nSPS) is 17.0. The van der Waals surface area contributed by atoms with Crippen LogP contribution in [0.25, 0.3) is 0 Å². The van der Waals surface area contributed by atoms with Gasteiger partial charge < -0.3 is 20.6 Å². The van der Waals surface area contributed by atoms with Crippen molar-refractivity contribution in [2.75, 3.05) is 20.6 Å². The molecule has 1 fully saturated rings. The molecule has 1 saturated carbocycles. The lowest BCUT2D eigenvalue weighted by atomic mass is 9.98. The number of carbonyl (C=O) groups excluding carboxylic acids is 2. The molecule has 0 spiro atoms. The Labute approximate surface area is 106 Å². The Kier molecular flexibility index (Phi) is 4.52. The van der Waals surface area contributed by atoms with Gasteiger partial charge in [-0.3, -0.25) is 4.79 Å². The van der Waals surface area contributed by atoms with E-state index in [4.69, 9.17) is 5.11 Å². The molecule has 0 saturated heterocycles. The number of hydrogen-bond donors (Lipinski definition) is 3. The molecule has 0 heterocycles. The number of carboxylic acid groups (broad SMARTS) is 1. The van der Waals surface area contributed by atoms with E-state index in [1.807, 2.05) is 0 Å². The van der Waals surface area contributed by atoms with Crippen LogP contribution in [0.15, 0.2) is 0 Å². The van der Waals surface area contributed by atoms with Crippen LogP contribution in [-0.4, -0.2) is 54.1 Å². The second-order valence-electron chi connectivity index (χ2n) is 4.69. The van der Waals surface area contributed by atoms with Crippen LogP contribution >= 0.6 is 0 Å². The van der Waals surface area contributed by atoms with Crippen molar-refractivity contribution in [3.63, 3.8) is 0 Å². The minimum absolute atomic E-state index is 0.144. The molecule has 0 aromatic carbocycles. The van der Waals surface area contributed by atoms with Crippen LogP contribution in [0.4, 0.5) is 4.79 Å². The van der Waals surface area contributed by atoms with Crippen LogP contribution < -0.4 is 10.6 Å². The first-order valence-corrected chi connectivity index (χ1v) is 5.87. The van der Waals surface area contributed by atoms with E-state index < -0.39 is 17.5 Å². The van der Waals surface area contributed by atoms with Crippen LogP contribution in [0.3, 0.4) is 0 Å². The monoisotopic (exact) mass is 257 g/mol. The van der Waals surface area contributed by atoms with Gasteiger partial charge in [0, 0.05) is 14.1 Å². The Morgan fingerprint density at radius 2 is 1.78 bits per heavy atom. The molecule has 3 amide bonds. The minimum Gasteiger partial charge on any atom is -0.480 e. The third-order valence-electron chi connectivity index (χ3n) is 3.12. The molecule has 102 valence electrons. The van der Waals surface area contributed by atoms with Crippen LogP contribution in [0.1, 0.15) is 25.7 Å². The van der Waals surface area contributed by atoms with Gasteiger partial charge in [0.05, 0.1) is 6.54 Å². The smallest absolute Gasteiger partial charge is 0.329 e.